The molecular weight excluding hydrogens is 340 g/mol. The zero-order valence-corrected chi connectivity index (χ0v) is 15.9. The Morgan fingerprint density at radius 3 is 2.67 bits per heavy atom. The molecule has 0 saturated heterocycles. The minimum absolute atomic E-state index is 0.00145. The number of anilines is 1. The Hall–Kier alpha value is -2.82. The van der Waals surface area contributed by atoms with Crippen LogP contribution in [0.15, 0.2) is 42.5 Å². The van der Waals surface area contributed by atoms with E-state index in [1.54, 1.807) is 0 Å². The second kappa shape index (κ2) is 8.71. The molecule has 142 valence electrons. The van der Waals surface area contributed by atoms with Gasteiger partial charge in [0.2, 0.25) is 11.8 Å². The Morgan fingerprint density at radius 1 is 1.15 bits per heavy atom. The molecule has 2 N–H and O–H groups in total. The van der Waals surface area contributed by atoms with Gasteiger partial charge in [-0.3, -0.25) is 9.59 Å². The van der Waals surface area contributed by atoms with Crippen LogP contribution in [-0.4, -0.2) is 18.4 Å². The SMILES string of the molecule is CCCC(=O)Nc1ccc2c(c1)CC(C(=O)NCc1ccc(C)cc1)CO2. The monoisotopic (exact) mass is 366 g/mol. The summed E-state index contributed by atoms with van der Waals surface area (Å²) in [6.45, 7) is 4.89. The van der Waals surface area contributed by atoms with Crippen LogP contribution in [-0.2, 0) is 22.6 Å². The number of ether oxygens (including phenoxy) is 1. The van der Waals surface area contributed by atoms with Crippen molar-refractivity contribution in [3.8, 4) is 5.75 Å². The van der Waals surface area contributed by atoms with Gasteiger partial charge in [-0.1, -0.05) is 36.8 Å². The van der Waals surface area contributed by atoms with Crippen molar-refractivity contribution in [3.05, 3.63) is 59.2 Å². The average Bonchev–Trinajstić information content (AvgIpc) is 2.67. The maximum Gasteiger partial charge on any atom is 0.227 e. The Balaban J connectivity index is 1.59. The zero-order valence-electron chi connectivity index (χ0n) is 15.9. The lowest BCUT2D eigenvalue weighted by molar-refractivity contribution is -0.126. The van der Waals surface area contributed by atoms with Crippen molar-refractivity contribution in [1.29, 1.82) is 0 Å². The number of carbonyl (C=O) groups excluding carboxylic acids is 2. The number of fused-ring (bicyclic) bond motifs is 1. The van der Waals surface area contributed by atoms with Crippen LogP contribution in [0.3, 0.4) is 0 Å². The van der Waals surface area contributed by atoms with Gasteiger partial charge in [-0.05, 0) is 49.1 Å². The molecule has 2 aromatic rings. The van der Waals surface area contributed by atoms with E-state index in [1.165, 1.54) is 5.56 Å². The molecule has 2 amide bonds. The van der Waals surface area contributed by atoms with E-state index in [4.69, 9.17) is 4.74 Å². The van der Waals surface area contributed by atoms with E-state index in [0.29, 0.717) is 26.0 Å². The molecule has 0 radical (unpaired) electrons. The van der Waals surface area contributed by atoms with E-state index in [-0.39, 0.29) is 17.7 Å². The average molecular weight is 366 g/mol. The summed E-state index contributed by atoms with van der Waals surface area (Å²) in [4.78, 5) is 24.3. The van der Waals surface area contributed by atoms with Crippen LogP contribution in [0.25, 0.3) is 0 Å². The maximum atomic E-state index is 12.5. The van der Waals surface area contributed by atoms with E-state index in [2.05, 4.69) is 10.6 Å². The largest absolute Gasteiger partial charge is 0.492 e. The third-order valence-electron chi connectivity index (χ3n) is 4.69. The molecular formula is C22H26N2O3. The normalized spacial score (nSPS) is 15.4. The van der Waals surface area contributed by atoms with E-state index < -0.39 is 0 Å². The highest BCUT2D eigenvalue weighted by molar-refractivity contribution is 5.91. The van der Waals surface area contributed by atoms with Crippen molar-refractivity contribution in [1.82, 2.24) is 5.32 Å². The van der Waals surface area contributed by atoms with Crippen molar-refractivity contribution >= 4 is 17.5 Å². The van der Waals surface area contributed by atoms with E-state index in [1.807, 2.05) is 56.3 Å². The lowest BCUT2D eigenvalue weighted by Crippen LogP contribution is -2.37. The molecule has 5 heteroatoms. The Kier molecular flexibility index (Phi) is 6.12. The standard InChI is InChI=1S/C22H26N2O3/c1-3-4-21(25)24-19-9-10-20-17(12-19)11-18(14-27-20)22(26)23-13-16-7-5-15(2)6-8-16/h5-10,12,18H,3-4,11,13-14H2,1-2H3,(H,23,26)(H,24,25). The van der Waals surface area contributed by atoms with Crippen molar-refractivity contribution in [2.24, 2.45) is 5.92 Å². The van der Waals surface area contributed by atoms with Gasteiger partial charge >= 0.3 is 0 Å². The van der Waals surface area contributed by atoms with E-state index in [9.17, 15) is 9.59 Å². The fourth-order valence-electron chi connectivity index (χ4n) is 3.13. The molecule has 1 aliphatic heterocycles. The van der Waals surface area contributed by atoms with Crippen LogP contribution in [0.5, 0.6) is 5.75 Å². The van der Waals surface area contributed by atoms with Crippen LogP contribution in [0.4, 0.5) is 5.69 Å². The fourth-order valence-corrected chi connectivity index (χ4v) is 3.13. The van der Waals surface area contributed by atoms with Crippen molar-refractivity contribution in [2.75, 3.05) is 11.9 Å². The fraction of sp³-hybridized carbons (Fsp3) is 0.364. The van der Waals surface area contributed by atoms with Gasteiger partial charge in [0.1, 0.15) is 12.4 Å². The van der Waals surface area contributed by atoms with Gasteiger partial charge in [0, 0.05) is 18.7 Å². The summed E-state index contributed by atoms with van der Waals surface area (Å²) in [6.07, 6.45) is 1.91. The first kappa shape index (κ1) is 19.0. The van der Waals surface area contributed by atoms with E-state index >= 15 is 0 Å². The maximum absolute atomic E-state index is 12.5. The summed E-state index contributed by atoms with van der Waals surface area (Å²) < 4.78 is 5.76. The first-order chi connectivity index (χ1) is 13.0. The predicted octanol–water partition coefficient (Wildman–Crippen LogP) is 3.60. The third kappa shape index (κ3) is 5.09. The minimum Gasteiger partial charge on any atom is -0.492 e. The third-order valence-corrected chi connectivity index (χ3v) is 4.69. The minimum atomic E-state index is -0.232. The summed E-state index contributed by atoms with van der Waals surface area (Å²) in [7, 11) is 0. The zero-order chi connectivity index (χ0) is 19.2. The van der Waals surface area contributed by atoms with Crippen LogP contribution < -0.4 is 15.4 Å². The molecule has 2 aromatic carbocycles. The number of nitrogens with one attached hydrogen (secondary N) is 2. The molecule has 0 spiro atoms. The number of amides is 2. The number of hydrogen-bond donors (Lipinski definition) is 2. The molecule has 1 aliphatic rings. The molecule has 3 rings (SSSR count). The smallest absolute Gasteiger partial charge is 0.227 e. The molecule has 0 bridgehead atoms. The highest BCUT2D eigenvalue weighted by Crippen LogP contribution is 2.30. The first-order valence-electron chi connectivity index (χ1n) is 9.44. The molecule has 1 atom stereocenters. The van der Waals surface area contributed by atoms with Gasteiger partial charge in [-0.15, -0.1) is 0 Å². The van der Waals surface area contributed by atoms with Crippen molar-refractivity contribution < 1.29 is 14.3 Å². The summed E-state index contributed by atoms with van der Waals surface area (Å²) in [5, 5.41) is 5.89. The first-order valence-corrected chi connectivity index (χ1v) is 9.44. The van der Waals surface area contributed by atoms with E-state index in [0.717, 1.165) is 29.0 Å². The molecule has 0 aliphatic carbocycles. The second-order valence-electron chi connectivity index (χ2n) is 7.04. The summed E-state index contributed by atoms with van der Waals surface area (Å²) in [6, 6.07) is 13.7. The van der Waals surface area contributed by atoms with Gasteiger partial charge in [0.05, 0.1) is 5.92 Å². The van der Waals surface area contributed by atoms with Crippen LogP contribution in [0.1, 0.15) is 36.5 Å². The number of carbonyl (C=O) groups is 2. The Morgan fingerprint density at radius 2 is 1.93 bits per heavy atom. The predicted molar refractivity (Wildman–Crippen MR) is 106 cm³/mol. The number of rotatable bonds is 6. The van der Waals surface area contributed by atoms with Crippen LogP contribution in [0.2, 0.25) is 0 Å². The van der Waals surface area contributed by atoms with Gasteiger partial charge in [-0.25, -0.2) is 0 Å². The molecule has 5 nitrogen and oxygen atoms in total. The lowest BCUT2D eigenvalue weighted by Gasteiger charge is -2.25. The topological polar surface area (TPSA) is 67.4 Å². The Labute approximate surface area is 160 Å². The summed E-state index contributed by atoms with van der Waals surface area (Å²) >= 11 is 0. The second-order valence-corrected chi connectivity index (χ2v) is 7.04. The molecule has 0 aromatic heterocycles. The molecule has 0 saturated carbocycles. The number of benzene rings is 2. The molecule has 27 heavy (non-hydrogen) atoms. The van der Waals surface area contributed by atoms with Crippen LogP contribution in [0, 0.1) is 12.8 Å². The summed E-state index contributed by atoms with van der Waals surface area (Å²) in [5.74, 6) is 0.541. The van der Waals surface area contributed by atoms with Gasteiger partial charge in [0.15, 0.2) is 0 Å². The highest BCUT2D eigenvalue weighted by Gasteiger charge is 2.26. The number of hydrogen-bond acceptors (Lipinski definition) is 3. The van der Waals surface area contributed by atoms with Crippen molar-refractivity contribution in [2.45, 2.75) is 39.7 Å². The molecule has 0 fully saturated rings. The lowest BCUT2D eigenvalue weighted by atomic mass is 9.95. The van der Waals surface area contributed by atoms with Gasteiger partial charge < -0.3 is 15.4 Å². The highest BCUT2D eigenvalue weighted by atomic mass is 16.5. The molecule has 1 heterocycles. The molecule has 1 unspecified atom stereocenters. The Bertz CT molecular complexity index is 815. The number of aryl methyl sites for hydroxylation is 1. The van der Waals surface area contributed by atoms with Crippen molar-refractivity contribution in [3.63, 3.8) is 0 Å². The van der Waals surface area contributed by atoms with Gasteiger partial charge in [-0.2, -0.15) is 0 Å². The summed E-state index contributed by atoms with van der Waals surface area (Å²) in [5.41, 5.74) is 3.97. The quantitative estimate of drug-likeness (QED) is 0.821. The van der Waals surface area contributed by atoms with Gasteiger partial charge in [0.25, 0.3) is 0 Å². The van der Waals surface area contributed by atoms with Crippen LogP contribution >= 0.6 is 0 Å².